The second kappa shape index (κ2) is 7.90. The van der Waals surface area contributed by atoms with Gasteiger partial charge in [-0.1, -0.05) is 6.07 Å². The van der Waals surface area contributed by atoms with E-state index in [0.29, 0.717) is 5.56 Å². The number of anilines is 1. The van der Waals surface area contributed by atoms with Crippen molar-refractivity contribution in [2.75, 3.05) is 18.0 Å². The van der Waals surface area contributed by atoms with E-state index in [1.807, 2.05) is 23.2 Å². The van der Waals surface area contributed by atoms with E-state index in [0.717, 1.165) is 29.5 Å². The van der Waals surface area contributed by atoms with Crippen molar-refractivity contribution in [3.63, 3.8) is 0 Å². The number of nitrogens with zero attached hydrogens (tertiary/aromatic N) is 1. The average molecular weight is 379 g/mol. The number of phenolic OH excluding ortho intramolecular Hbond substituents is 1. The smallest absolute Gasteiger partial charge is 0.328 e. The van der Waals surface area contributed by atoms with E-state index in [1.54, 1.807) is 6.07 Å². The fourth-order valence-electron chi connectivity index (χ4n) is 3.02. The van der Waals surface area contributed by atoms with E-state index < -0.39 is 17.1 Å². The van der Waals surface area contributed by atoms with Crippen LogP contribution in [0.3, 0.4) is 0 Å². The molecule has 0 aliphatic heterocycles. The van der Waals surface area contributed by atoms with E-state index in [1.165, 1.54) is 12.2 Å². The standard InChI is InChI=1S/C21H21N3O4/c1-3-24(4-2)16-9-8-13-12-18(25)14(10-15(13)11-16)6-5-7-17-19(26)22-21(28)23-20(17)27/h6-12,25H,3-4H2,1-2H3,(H3,22,23,26,27,28). The van der Waals surface area contributed by atoms with Crippen LogP contribution in [0, 0.1) is 0 Å². The quantitative estimate of drug-likeness (QED) is 0.510. The molecule has 4 N–H and O–H groups in total. The number of phenols is 1. The van der Waals surface area contributed by atoms with Crippen LogP contribution in [0.2, 0.25) is 0 Å². The van der Waals surface area contributed by atoms with Gasteiger partial charge in [-0.2, -0.15) is 0 Å². The molecule has 144 valence electrons. The van der Waals surface area contributed by atoms with Gasteiger partial charge < -0.3 is 15.1 Å². The van der Waals surface area contributed by atoms with Crippen molar-refractivity contribution in [3.05, 3.63) is 68.0 Å². The van der Waals surface area contributed by atoms with E-state index in [-0.39, 0.29) is 11.3 Å². The molecule has 3 rings (SSSR count). The summed E-state index contributed by atoms with van der Waals surface area (Å²) in [7, 11) is 0. The van der Waals surface area contributed by atoms with Gasteiger partial charge in [0.1, 0.15) is 11.3 Å². The minimum atomic E-state index is -0.792. The van der Waals surface area contributed by atoms with Gasteiger partial charge in [-0.3, -0.25) is 14.8 Å². The summed E-state index contributed by atoms with van der Waals surface area (Å²) in [6.45, 7) is 5.98. The largest absolute Gasteiger partial charge is 0.507 e. The van der Waals surface area contributed by atoms with Crippen LogP contribution in [0.4, 0.5) is 5.69 Å². The summed E-state index contributed by atoms with van der Waals surface area (Å²) in [6, 6.07) is 9.54. The Kier molecular flexibility index (Phi) is 5.38. The number of aromatic nitrogens is 2. The lowest BCUT2D eigenvalue weighted by Crippen LogP contribution is -2.23. The summed E-state index contributed by atoms with van der Waals surface area (Å²) in [5.41, 5.74) is 2.73. The molecule has 0 saturated carbocycles. The molecule has 0 aliphatic carbocycles. The molecule has 2 aromatic carbocycles. The highest BCUT2D eigenvalue weighted by atomic mass is 16.3. The third-order valence-electron chi connectivity index (χ3n) is 4.52. The number of hydrogen-bond donors (Lipinski definition) is 4. The number of aromatic hydroxyl groups is 2. The number of H-pyrrole nitrogens is 2. The van der Waals surface area contributed by atoms with E-state index in [2.05, 4.69) is 35.5 Å². The van der Waals surface area contributed by atoms with Crippen LogP contribution < -0.4 is 16.1 Å². The Morgan fingerprint density at radius 2 is 1.75 bits per heavy atom. The molecule has 7 heteroatoms. The van der Waals surface area contributed by atoms with Gasteiger partial charge >= 0.3 is 5.69 Å². The number of rotatable bonds is 5. The lowest BCUT2D eigenvalue weighted by atomic mass is 10.0. The van der Waals surface area contributed by atoms with Gasteiger partial charge in [0.2, 0.25) is 5.88 Å². The molecule has 0 amide bonds. The third-order valence-corrected chi connectivity index (χ3v) is 4.52. The topological polar surface area (TPSA) is 109 Å². The van der Waals surface area contributed by atoms with Crippen LogP contribution in [0.5, 0.6) is 11.6 Å². The highest BCUT2D eigenvalue weighted by molar-refractivity contribution is 5.90. The summed E-state index contributed by atoms with van der Waals surface area (Å²) >= 11 is 0. The first-order valence-corrected chi connectivity index (χ1v) is 8.92. The molecule has 3 aromatic rings. The summed E-state index contributed by atoms with van der Waals surface area (Å²) in [5.74, 6) is -0.468. The Bertz CT molecular complexity index is 1200. The van der Waals surface area contributed by atoms with Gasteiger partial charge in [0, 0.05) is 24.3 Å². The Balaban J connectivity index is 2.03. The molecule has 0 fully saturated rings. The van der Waals surface area contributed by atoms with Crippen molar-refractivity contribution in [3.8, 4) is 11.6 Å². The van der Waals surface area contributed by atoms with Gasteiger partial charge in [0.05, 0.1) is 0 Å². The second-order valence-corrected chi connectivity index (χ2v) is 6.24. The Labute approximate surface area is 160 Å². The van der Waals surface area contributed by atoms with Crippen LogP contribution in [0.25, 0.3) is 22.9 Å². The SMILES string of the molecule is CCN(CC)c1ccc2cc(O)c(C=C=Cc3c(O)[nH]c(=O)[nH]c3=O)cc2c1. The number of fused-ring (bicyclic) bond motifs is 1. The molecular formula is C21H21N3O4. The van der Waals surface area contributed by atoms with Gasteiger partial charge in [0.15, 0.2) is 0 Å². The van der Waals surface area contributed by atoms with E-state index >= 15 is 0 Å². The fraction of sp³-hybridized carbons (Fsp3) is 0.190. The van der Waals surface area contributed by atoms with E-state index in [9.17, 15) is 19.8 Å². The fourth-order valence-corrected chi connectivity index (χ4v) is 3.02. The molecule has 0 radical (unpaired) electrons. The van der Waals surface area contributed by atoms with Crippen molar-refractivity contribution in [1.29, 1.82) is 0 Å². The van der Waals surface area contributed by atoms with Crippen molar-refractivity contribution in [2.45, 2.75) is 13.8 Å². The number of aromatic amines is 2. The lowest BCUT2D eigenvalue weighted by Gasteiger charge is -2.21. The second-order valence-electron chi connectivity index (χ2n) is 6.24. The minimum Gasteiger partial charge on any atom is -0.507 e. The zero-order valence-electron chi connectivity index (χ0n) is 15.6. The molecule has 0 spiro atoms. The maximum atomic E-state index is 11.7. The Morgan fingerprint density at radius 1 is 1.00 bits per heavy atom. The van der Waals surface area contributed by atoms with Crippen molar-refractivity contribution in [2.24, 2.45) is 0 Å². The number of nitrogens with one attached hydrogen (secondary N) is 2. The normalized spacial score (nSPS) is 10.5. The minimum absolute atomic E-state index is 0.0728. The van der Waals surface area contributed by atoms with Gasteiger partial charge in [0.25, 0.3) is 5.56 Å². The molecular weight excluding hydrogens is 358 g/mol. The van der Waals surface area contributed by atoms with Crippen LogP contribution in [-0.2, 0) is 0 Å². The maximum Gasteiger partial charge on any atom is 0.328 e. The number of benzene rings is 2. The zero-order chi connectivity index (χ0) is 20.3. The first-order valence-electron chi connectivity index (χ1n) is 8.92. The van der Waals surface area contributed by atoms with Crippen LogP contribution in [0.1, 0.15) is 25.0 Å². The first-order chi connectivity index (χ1) is 13.4. The highest BCUT2D eigenvalue weighted by Gasteiger charge is 2.07. The zero-order valence-corrected chi connectivity index (χ0v) is 15.6. The van der Waals surface area contributed by atoms with Crippen molar-refractivity contribution >= 4 is 28.6 Å². The molecule has 1 heterocycles. The summed E-state index contributed by atoms with van der Waals surface area (Å²) < 4.78 is 0. The van der Waals surface area contributed by atoms with Crippen molar-refractivity contribution < 1.29 is 10.2 Å². The Morgan fingerprint density at radius 3 is 2.43 bits per heavy atom. The van der Waals surface area contributed by atoms with Crippen LogP contribution >= 0.6 is 0 Å². The highest BCUT2D eigenvalue weighted by Crippen LogP contribution is 2.29. The predicted molar refractivity (Wildman–Crippen MR) is 111 cm³/mol. The third kappa shape index (κ3) is 3.84. The van der Waals surface area contributed by atoms with Crippen LogP contribution in [-0.4, -0.2) is 33.3 Å². The lowest BCUT2D eigenvalue weighted by molar-refractivity contribution is 0.447. The molecule has 7 nitrogen and oxygen atoms in total. The van der Waals surface area contributed by atoms with Crippen molar-refractivity contribution in [1.82, 2.24) is 9.97 Å². The average Bonchev–Trinajstić information content (AvgIpc) is 2.65. The van der Waals surface area contributed by atoms with Gasteiger partial charge in [-0.15, -0.1) is 5.73 Å². The number of hydrogen-bond acceptors (Lipinski definition) is 5. The van der Waals surface area contributed by atoms with Gasteiger partial charge in [-0.05, 0) is 61.0 Å². The summed E-state index contributed by atoms with van der Waals surface area (Å²) in [5, 5.41) is 21.8. The van der Waals surface area contributed by atoms with Gasteiger partial charge in [-0.25, -0.2) is 4.79 Å². The first kappa shape index (κ1) is 19.1. The molecule has 1 aromatic heterocycles. The predicted octanol–water partition coefficient (Wildman–Crippen LogP) is 2.80. The molecule has 0 unspecified atom stereocenters. The summed E-state index contributed by atoms with van der Waals surface area (Å²) in [6.07, 6.45) is 2.74. The summed E-state index contributed by atoms with van der Waals surface area (Å²) in [4.78, 5) is 29.2. The Hall–Kier alpha value is -3.70. The van der Waals surface area contributed by atoms with E-state index in [4.69, 9.17) is 0 Å². The van der Waals surface area contributed by atoms with Crippen LogP contribution in [0.15, 0.2) is 45.7 Å². The monoisotopic (exact) mass is 379 g/mol. The molecule has 0 saturated heterocycles. The maximum absolute atomic E-state index is 11.7. The molecule has 0 aliphatic rings. The molecule has 28 heavy (non-hydrogen) atoms. The molecule has 0 atom stereocenters. The molecule has 0 bridgehead atoms.